The minimum atomic E-state index is 0.312. The van der Waals surface area contributed by atoms with Crippen LogP contribution in [0.25, 0.3) is 10.4 Å². The molecule has 1 heterocycles. The van der Waals surface area contributed by atoms with Crippen molar-refractivity contribution in [3.05, 3.63) is 28.8 Å². The second-order valence-electron chi connectivity index (χ2n) is 1.74. The summed E-state index contributed by atoms with van der Waals surface area (Å²) in [7, 11) is 1.54. The molecule has 0 amide bonds. The van der Waals surface area contributed by atoms with Gasteiger partial charge in [-0.15, -0.1) is 0 Å². The van der Waals surface area contributed by atoms with E-state index in [0.717, 1.165) is 0 Å². The van der Waals surface area contributed by atoms with Gasteiger partial charge in [0, 0.05) is 17.2 Å². The van der Waals surface area contributed by atoms with Crippen LogP contribution in [0.1, 0.15) is 0 Å². The summed E-state index contributed by atoms with van der Waals surface area (Å²) in [5, 5.41) is 3.30. The maximum Gasteiger partial charge on any atom is 0.130 e. The van der Waals surface area contributed by atoms with E-state index < -0.39 is 0 Å². The average molecular weight is 150 g/mol. The van der Waals surface area contributed by atoms with Gasteiger partial charge in [-0.25, -0.2) is 0 Å². The largest absolute Gasteiger partial charge is 0.497 e. The lowest BCUT2D eigenvalue weighted by Crippen LogP contribution is -1.81. The summed E-state index contributed by atoms with van der Waals surface area (Å²) in [4.78, 5) is 6.36. The first kappa shape index (κ1) is 7.37. The maximum atomic E-state index is 8.06. The van der Waals surface area contributed by atoms with Crippen LogP contribution in [0.3, 0.4) is 0 Å². The highest BCUT2D eigenvalue weighted by Gasteiger charge is 1.91. The predicted octanol–water partition coefficient (Wildman–Crippen LogP) is 2.03. The Kier molecular flexibility index (Phi) is 2.30. The molecule has 0 aliphatic heterocycles. The lowest BCUT2D eigenvalue weighted by molar-refractivity contribution is 0.414. The average Bonchev–Trinajstić information content (AvgIpc) is 2.06. The van der Waals surface area contributed by atoms with Gasteiger partial charge in [0.25, 0.3) is 0 Å². The molecule has 0 aliphatic rings. The third-order valence-corrected chi connectivity index (χ3v) is 1.10. The number of ether oxygens (including phenoxy) is 1. The molecular weight excluding hydrogens is 144 g/mol. The molecule has 0 radical (unpaired) electrons. The lowest BCUT2D eigenvalue weighted by Gasteiger charge is -1.97. The Labute approximate surface area is 63.3 Å². The molecule has 5 nitrogen and oxygen atoms in total. The van der Waals surface area contributed by atoms with Gasteiger partial charge in [0.05, 0.1) is 7.11 Å². The maximum absolute atomic E-state index is 8.06. The van der Waals surface area contributed by atoms with Gasteiger partial charge in [0.2, 0.25) is 0 Å². The van der Waals surface area contributed by atoms with Crippen LogP contribution < -0.4 is 4.74 Å². The summed E-state index contributed by atoms with van der Waals surface area (Å²) < 4.78 is 4.88. The van der Waals surface area contributed by atoms with Crippen LogP contribution in [0, 0.1) is 0 Å². The lowest BCUT2D eigenvalue weighted by atomic mass is 10.4. The Morgan fingerprint density at radius 3 is 3.18 bits per heavy atom. The zero-order valence-electron chi connectivity index (χ0n) is 5.93. The molecule has 0 unspecified atom stereocenters. The highest BCUT2D eigenvalue weighted by molar-refractivity contribution is 5.34. The van der Waals surface area contributed by atoms with E-state index in [1.54, 1.807) is 12.1 Å². The molecule has 0 fully saturated rings. The van der Waals surface area contributed by atoms with Gasteiger partial charge in [0.15, 0.2) is 0 Å². The predicted molar refractivity (Wildman–Crippen MR) is 39.6 cm³/mol. The molecular formula is C6H6N4O. The molecule has 1 aromatic heterocycles. The van der Waals surface area contributed by atoms with Gasteiger partial charge in [-0.3, -0.25) is 4.98 Å². The van der Waals surface area contributed by atoms with E-state index in [1.807, 2.05) is 0 Å². The standard InChI is InChI=1S/C6H6N4O/c1-11-5-2-3-8-6(4-5)9-10-7/h2-4H,1H3. The number of hydrogen-bond donors (Lipinski definition) is 0. The number of hydrogen-bond acceptors (Lipinski definition) is 3. The van der Waals surface area contributed by atoms with Crippen molar-refractivity contribution in [1.82, 2.24) is 4.98 Å². The van der Waals surface area contributed by atoms with Gasteiger partial charge in [0.1, 0.15) is 11.6 Å². The number of nitrogens with zero attached hydrogens (tertiary/aromatic N) is 4. The first-order valence-electron chi connectivity index (χ1n) is 2.92. The fraction of sp³-hybridized carbons (Fsp3) is 0.167. The molecule has 0 N–H and O–H groups in total. The molecule has 56 valence electrons. The molecule has 0 saturated heterocycles. The summed E-state index contributed by atoms with van der Waals surface area (Å²) in [6, 6.07) is 3.23. The molecule has 1 aromatic rings. The van der Waals surface area contributed by atoms with Crippen LogP contribution in [0.5, 0.6) is 5.75 Å². The van der Waals surface area contributed by atoms with Crippen molar-refractivity contribution in [2.45, 2.75) is 0 Å². The summed E-state index contributed by atoms with van der Waals surface area (Å²) >= 11 is 0. The molecule has 0 bridgehead atoms. The first-order chi connectivity index (χ1) is 5.36. The molecule has 11 heavy (non-hydrogen) atoms. The monoisotopic (exact) mass is 150 g/mol. The quantitative estimate of drug-likeness (QED) is 0.367. The summed E-state index contributed by atoms with van der Waals surface area (Å²) in [6.45, 7) is 0. The highest BCUT2D eigenvalue weighted by Crippen LogP contribution is 2.15. The van der Waals surface area contributed by atoms with Gasteiger partial charge < -0.3 is 4.74 Å². The van der Waals surface area contributed by atoms with Crippen LogP contribution in [0.4, 0.5) is 5.82 Å². The molecule has 0 saturated carbocycles. The fourth-order valence-corrected chi connectivity index (χ4v) is 0.627. The zero-order chi connectivity index (χ0) is 8.10. The van der Waals surface area contributed by atoms with Gasteiger partial charge in [-0.1, -0.05) is 0 Å². The smallest absolute Gasteiger partial charge is 0.130 e. The fourth-order valence-electron chi connectivity index (χ4n) is 0.627. The summed E-state index contributed by atoms with van der Waals surface area (Å²) in [5.74, 6) is 0.939. The number of rotatable bonds is 2. The topological polar surface area (TPSA) is 70.9 Å². The van der Waals surface area contributed by atoms with Gasteiger partial charge in [-0.05, 0) is 16.7 Å². The van der Waals surface area contributed by atoms with Crippen LogP contribution in [0.2, 0.25) is 0 Å². The SMILES string of the molecule is COc1ccnc(N=[N+]=[N-])c1. The van der Waals surface area contributed by atoms with E-state index in [1.165, 1.54) is 13.3 Å². The van der Waals surface area contributed by atoms with E-state index in [0.29, 0.717) is 11.6 Å². The number of pyridine rings is 1. The Morgan fingerprint density at radius 2 is 2.55 bits per heavy atom. The summed E-state index contributed by atoms with van der Waals surface area (Å²) in [5.41, 5.74) is 8.06. The third kappa shape index (κ3) is 1.84. The number of azide groups is 1. The first-order valence-corrected chi connectivity index (χ1v) is 2.92. The van der Waals surface area contributed by atoms with Crippen molar-refractivity contribution in [3.63, 3.8) is 0 Å². The minimum absolute atomic E-state index is 0.312. The molecule has 1 rings (SSSR count). The van der Waals surface area contributed by atoms with Crippen molar-refractivity contribution in [2.75, 3.05) is 7.11 Å². The van der Waals surface area contributed by atoms with Crippen molar-refractivity contribution in [1.29, 1.82) is 0 Å². The van der Waals surface area contributed by atoms with E-state index in [4.69, 9.17) is 10.3 Å². The number of aromatic nitrogens is 1. The van der Waals surface area contributed by atoms with E-state index in [2.05, 4.69) is 15.0 Å². The summed E-state index contributed by atoms with van der Waals surface area (Å²) in [6.07, 6.45) is 1.52. The Hall–Kier alpha value is -1.74. The van der Waals surface area contributed by atoms with Crippen LogP contribution in [-0.4, -0.2) is 12.1 Å². The van der Waals surface area contributed by atoms with E-state index in [9.17, 15) is 0 Å². The molecule has 0 spiro atoms. The second-order valence-corrected chi connectivity index (χ2v) is 1.74. The van der Waals surface area contributed by atoms with Crippen molar-refractivity contribution in [3.8, 4) is 5.75 Å². The minimum Gasteiger partial charge on any atom is -0.497 e. The van der Waals surface area contributed by atoms with Crippen molar-refractivity contribution >= 4 is 5.82 Å². The normalized spacial score (nSPS) is 8.45. The number of methoxy groups -OCH3 is 1. The van der Waals surface area contributed by atoms with Crippen LogP contribution in [0.15, 0.2) is 23.4 Å². The van der Waals surface area contributed by atoms with Crippen LogP contribution >= 0.6 is 0 Å². The second kappa shape index (κ2) is 3.43. The Bertz CT molecular complexity index is 292. The Morgan fingerprint density at radius 1 is 1.73 bits per heavy atom. The van der Waals surface area contributed by atoms with Gasteiger partial charge in [-0.2, -0.15) is 0 Å². The van der Waals surface area contributed by atoms with Crippen LogP contribution in [-0.2, 0) is 0 Å². The van der Waals surface area contributed by atoms with E-state index >= 15 is 0 Å². The zero-order valence-corrected chi connectivity index (χ0v) is 5.93. The molecule has 0 atom stereocenters. The van der Waals surface area contributed by atoms with Gasteiger partial charge >= 0.3 is 0 Å². The van der Waals surface area contributed by atoms with E-state index in [-0.39, 0.29) is 0 Å². The van der Waals surface area contributed by atoms with Crippen molar-refractivity contribution < 1.29 is 4.74 Å². The van der Waals surface area contributed by atoms with Crippen molar-refractivity contribution in [2.24, 2.45) is 5.11 Å². The third-order valence-electron chi connectivity index (χ3n) is 1.10. The molecule has 0 aliphatic carbocycles. The molecule has 0 aromatic carbocycles. The highest BCUT2D eigenvalue weighted by atomic mass is 16.5. The molecule has 5 heteroatoms. The Balaban J connectivity index is 3.00.